The van der Waals surface area contributed by atoms with Crippen LogP contribution in [0.1, 0.15) is 33.5 Å². The molecule has 0 saturated carbocycles. The predicted molar refractivity (Wildman–Crippen MR) is 155 cm³/mol. The maximum absolute atomic E-state index is 15.9. The Morgan fingerprint density at radius 3 is 2.20 bits per heavy atom. The van der Waals surface area contributed by atoms with Crippen molar-refractivity contribution in [2.45, 2.75) is 31.3 Å². The zero-order chi connectivity index (χ0) is 32.6. The van der Waals surface area contributed by atoms with Crippen LogP contribution in [0.25, 0.3) is 0 Å². The summed E-state index contributed by atoms with van der Waals surface area (Å²) >= 11 is 0. The van der Waals surface area contributed by atoms with Gasteiger partial charge in [0.25, 0.3) is 0 Å². The van der Waals surface area contributed by atoms with Crippen LogP contribution >= 0.6 is 0 Å². The Bertz CT molecular complexity index is 1870. The lowest BCUT2D eigenvalue weighted by molar-refractivity contribution is -0.207. The topological polar surface area (TPSA) is 119 Å². The zero-order valence-electron chi connectivity index (χ0n) is 23.9. The van der Waals surface area contributed by atoms with Gasteiger partial charge in [-0.2, -0.15) is 14.0 Å². The van der Waals surface area contributed by atoms with E-state index < -0.39 is 41.0 Å². The van der Waals surface area contributed by atoms with E-state index in [0.717, 1.165) is 46.5 Å². The van der Waals surface area contributed by atoms with Crippen LogP contribution in [-0.4, -0.2) is 36.9 Å². The maximum Gasteiger partial charge on any atom is 0.323 e. The van der Waals surface area contributed by atoms with Crippen molar-refractivity contribution >= 4 is 0 Å². The monoisotopic (exact) mass is 628 g/mol. The molecule has 1 N–H and O–H groups in total. The number of aliphatic hydroxyl groups is 1. The Morgan fingerprint density at radius 2 is 1.57 bits per heavy atom. The van der Waals surface area contributed by atoms with E-state index in [2.05, 4.69) is 32.4 Å². The smallest absolute Gasteiger partial charge is 0.323 e. The second-order valence-corrected chi connectivity index (χ2v) is 10.0. The molecular formula is C33H24F4N6O3. The molecule has 0 spiro atoms. The minimum Gasteiger partial charge on any atom is -0.489 e. The number of pyridine rings is 1. The van der Waals surface area contributed by atoms with Crippen molar-refractivity contribution in [1.82, 2.24) is 25.2 Å². The van der Waals surface area contributed by atoms with Gasteiger partial charge in [0.1, 0.15) is 42.6 Å². The van der Waals surface area contributed by atoms with Gasteiger partial charge < -0.3 is 14.6 Å². The molecule has 0 aliphatic rings. The van der Waals surface area contributed by atoms with Gasteiger partial charge in [-0.3, -0.25) is 4.98 Å². The molecule has 0 saturated heterocycles. The summed E-state index contributed by atoms with van der Waals surface area (Å²) in [6.45, 7) is -0.225. The van der Waals surface area contributed by atoms with Crippen molar-refractivity contribution in [3.05, 3.63) is 137 Å². The molecule has 0 radical (unpaired) electrons. The average molecular weight is 629 g/mol. The maximum atomic E-state index is 15.9. The van der Waals surface area contributed by atoms with Crippen molar-refractivity contribution in [2.24, 2.45) is 0 Å². The van der Waals surface area contributed by atoms with E-state index in [4.69, 9.17) is 14.7 Å². The van der Waals surface area contributed by atoms with E-state index in [1.165, 1.54) is 6.07 Å². The number of rotatable bonds is 11. The Balaban J connectivity index is 1.26. The molecule has 0 amide bonds. The molecule has 13 heteroatoms. The van der Waals surface area contributed by atoms with Gasteiger partial charge in [-0.25, -0.2) is 13.5 Å². The molecule has 5 rings (SSSR count). The van der Waals surface area contributed by atoms with Crippen molar-refractivity contribution in [2.75, 3.05) is 6.61 Å². The number of hydrogen-bond acceptors (Lipinski definition) is 8. The second-order valence-electron chi connectivity index (χ2n) is 10.0. The fraction of sp³-hybridized carbons (Fsp3) is 0.182. The van der Waals surface area contributed by atoms with E-state index in [-0.39, 0.29) is 6.61 Å². The highest BCUT2D eigenvalue weighted by Gasteiger charge is 2.58. The highest BCUT2D eigenvalue weighted by atomic mass is 19.3. The number of benzene rings is 3. The summed E-state index contributed by atoms with van der Waals surface area (Å²) in [5, 5.41) is 30.0. The van der Waals surface area contributed by atoms with Crippen LogP contribution in [0.15, 0.2) is 91.4 Å². The van der Waals surface area contributed by atoms with E-state index >= 15 is 8.78 Å². The van der Waals surface area contributed by atoms with Crippen molar-refractivity contribution < 1.29 is 32.1 Å². The average Bonchev–Trinajstić information content (AvgIpc) is 3.57. The van der Waals surface area contributed by atoms with Crippen LogP contribution in [0.3, 0.4) is 0 Å². The molecule has 2 heterocycles. The van der Waals surface area contributed by atoms with Crippen molar-refractivity contribution in [3.63, 3.8) is 0 Å². The fourth-order valence-corrected chi connectivity index (χ4v) is 4.42. The molecule has 232 valence electrons. The number of aromatic nitrogens is 5. The first kappa shape index (κ1) is 31.8. The number of hydrogen-bond donors (Lipinski definition) is 1. The van der Waals surface area contributed by atoms with Crippen LogP contribution in [0.5, 0.6) is 5.75 Å². The van der Waals surface area contributed by atoms with Gasteiger partial charge in [0.05, 0.1) is 19.2 Å². The molecule has 1 unspecified atom stereocenters. The summed E-state index contributed by atoms with van der Waals surface area (Å²) in [7, 11) is 0. The summed E-state index contributed by atoms with van der Waals surface area (Å²) < 4.78 is 71.9. The van der Waals surface area contributed by atoms with Crippen molar-refractivity contribution in [3.8, 4) is 23.7 Å². The number of tetrazole rings is 1. The minimum absolute atomic E-state index is 0.0342. The molecule has 46 heavy (non-hydrogen) atoms. The first-order chi connectivity index (χ1) is 22.2. The Labute approximate surface area is 260 Å². The predicted octanol–water partition coefficient (Wildman–Crippen LogP) is 5.05. The van der Waals surface area contributed by atoms with E-state index in [9.17, 15) is 13.9 Å². The van der Waals surface area contributed by atoms with Gasteiger partial charge >= 0.3 is 5.92 Å². The lowest BCUT2D eigenvalue weighted by Gasteiger charge is -2.35. The number of alkyl halides is 2. The van der Waals surface area contributed by atoms with Gasteiger partial charge in [-0.05, 0) is 70.1 Å². The third kappa shape index (κ3) is 7.35. The Morgan fingerprint density at radius 1 is 0.870 bits per heavy atom. The highest BCUT2D eigenvalue weighted by molar-refractivity contribution is 5.44. The Kier molecular flexibility index (Phi) is 9.67. The molecule has 2 aromatic heterocycles. The second kappa shape index (κ2) is 14.0. The zero-order valence-corrected chi connectivity index (χ0v) is 23.9. The summed E-state index contributed by atoms with van der Waals surface area (Å²) in [6, 6.07) is 20.7. The normalized spacial score (nSPS) is 12.4. The highest BCUT2D eigenvalue weighted by Crippen LogP contribution is 2.46. The van der Waals surface area contributed by atoms with Crippen LogP contribution in [0, 0.1) is 34.8 Å². The van der Waals surface area contributed by atoms with Crippen molar-refractivity contribution in [1.29, 1.82) is 5.26 Å². The molecule has 0 aliphatic carbocycles. The number of nitriles is 1. The minimum atomic E-state index is -4.17. The SMILES string of the molecule is N#CCOCc1ccc(COc2ccc(C#Cc3ccc(C(F)(F)C(O)(Cn4cnnn4)c4ccc(F)cc4F)nc3)cc2)cc1. The number of halogens is 4. The third-order valence-corrected chi connectivity index (χ3v) is 6.83. The van der Waals surface area contributed by atoms with Crippen LogP contribution in [0.2, 0.25) is 0 Å². The first-order valence-electron chi connectivity index (χ1n) is 13.7. The lowest BCUT2D eigenvalue weighted by Crippen LogP contribution is -2.48. The largest absolute Gasteiger partial charge is 0.489 e. The molecule has 3 aromatic carbocycles. The van der Waals surface area contributed by atoms with E-state index in [0.29, 0.717) is 36.2 Å². The summed E-state index contributed by atoms with van der Waals surface area (Å²) in [5.41, 5.74) is -2.13. The van der Waals surface area contributed by atoms with Gasteiger partial charge in [0.2, 0.25) is 0 Å². The number of ether oxygens (including phenoxy) is 2. The summed E-state index contributed by atoms with van der Waals surface area (Å²) in [4.78, 5) is 3.81. The number of nitrogens with zero attached hydrogens (tertiary/aromatic N) is 6. The summed E-state index contributed by atoms with van der Waals surface area (Å²) in [6.07, 6.45) is 2.08. The molecular weight excluding hydrogens is 604 g/mol. The molecule has 0 aliphatic heterocycles. The van der Waals surface area contributed by atoms with Crippen LogP contribution in [0.4, 0.5) is 17.6 Å². The van der Waals surface area contributed by atoms with E-state index in [1.807, 2.05) is 30.3 Å². The lowest BCUT2D eigenvalue weighted by atomic mass is 9.84. The van der Waals surface area contributed by atoms with Crippen LogP contribution < -0.4 is 4.74 Å². The first-order valence-corrected chi connectivity index (χ1v) is 13.7. The van der Waals surface area contributed by atoms with E-state index in [1.54, 1.807) is 24.3 Å². The summed E-state index contributed by atoms with van der Waals surface area (Å²) in [5.74, 6) is -0.165. The standard InChI is InChI=1S/C33H24F4N6O3/c34-27-10-13-29(30(35)17-27)32(44,21-43-22-40-41-42-43)33(36,37)31-14-9-24(18-39-31)2-1-23-7-11-28(12-8-23)46-20-26-5-3-25(4-6-26)19-45-16-15-38/h3-14,17-18,22,44H,16,19-21H2. The third-order valence-electron chi connectivity index (χ3n) is 6.83. The van der Waals surface area contributed by atoms with Gasteiger partial charge in [0.15, 0.2) is 5.60 Å². The quantitative estimate of drug-likeness (QED) is 0.123. The molecule has 5 aromatic rings. The Hall–Kier alpha value is -5.63. The molecule has 0 bridgehead atoms. The molecule has 0 fully saturated rings. The van der Waals surface area contributed by atoms with Gasteiger partial charge in [-0.1, -0.05) is 36.1 Å². The fourth-order valence-electron chi connectivity index (χ4n) is 4.42. The van der Waals surface area contributed by atoms with Gasteiger partial charge in [0, 0.05) is 29.0 Å². The van der Waals surface area contributed by atoms with Gasteiger partial charge in [-0.15, -0.1) is 5.10 Å². The van der Waals surface area contributed by atoms with Crippen LogP contribution in [-0.2, 0) is 36.0 Å². The molecule has 1 atom stereocenters. The molecule has 9 nitrogen and oxygen atoms in total.